The first-order valence-corrected chi connectivity index (χ1v) is 6.08. The number of rotatable bonds is 2. The molecular formula is C15H14N4O. The molecular weight excluding hydrogens is 252 g/mol. The van der Waals surface area contributed by atoms with E-state index in [1.807, 2.05) is 25.1 Å². The Morgan fingerprint density at radius 3 is 2.90 bits per heavy atom. The van der Waals surface area contributed by atoms with Crippen molar-refractivity contribution in [3.63, 3.8) is 0 Å². The van der Waals surface area contributed by atoms with E-state index in [0.717, 1.165) is 11.1 Å². The predicted octanol–water partition coefficient (Wildman–Crippen LogP) is 1.35. The first-order chi connectivity index (χ1) is 9.69. The van der Waals surface area contributed by atoms with E-state index in [9.17, 15) is 4.79 Å². The normalized spacial score (nSPS) is 9.50. The van der Waals surface area contributed by atoms with Crippen molar-refractivity contribution in [3.05, 3.63) is 53.3 Å². The van der Waals surface area contributed by atoms with Gasteiger partial charge < -0.3 is 11.1 Å². The van der Waals surface area contributed by atoms with Crippen LogP contribution in [0, 0.1) is 18.8 Å². The monoisotopic (exact) mass is 266 g/mol. The molecule has 0 atom stereocenters. The zero-order valence-corrected chi connectivity index (χ0v) is 11.1. The minimum absolute atomic E-state index is 0.233. The molecule has 2 aromatic rings. The highest BCUT2D eigenvalue weighted by Crippen LogP contribution is 2.15. The molecule has 0 fully saturated rings. The van der Waals surface area contributed by atoms with Crippen LogP contribution in [0.4, 0.5) is 5.69 Å². The Bertz CT molecular complexity index is 671. The molecule has 0 radical (unpaired) electrons. The molecule has 2 rings (SSSR count). The van der Waals surface area contributed by atoms with Gasteiger partial charge in [0.15, 0.2) is 0 Å². The van der Waals surface area contributed by atoms with Gasteiger partial charge in [-0.1, -0.05) is 11.8 Å². The Morgan fingerprint density at radius 1 is 1.35 bits per heavy atom. The van der Waals surface area contributed by atoms with Crippen molar-refractivity contribution >= 4 is 11.6 Å². The van der Waals surface area contributed by atoms with Crippen molar-refractivity contribution in [2.75, 3.05) is 11.9 Å². The van der Waals surface area contributed by atoms with Gasteiger partial charge in [-0.25, -0.2) is 0 Å². The van der Waals surface area contributed by atoms with Crippen LogP contribution in [0.1, 0.15) is 21.5 Å². The molecule has 1 amide bonds. The van der Waals surface area contributed by atoms with Crippen molar-refractivity contribution in [1.82, 2.24) is 10.2 Å². The van der Waals surface area contributed by atoms with Crippen LogP contribution in [0.25, 0.3) is 0 Å². The molecule has 1 heterocycles. The Labute approximate surface area is 117 Å². The Kier molecular flexibility index (Phi) is 4.43. The highest BCUT2D eigenvalue weighted by Gasteiger charge is 2.06. The molecule has 3 N–H and O–H groups in total. The lowest BCUT2D eigenvalue weighted by Crippen LogP contribution is -2.12. The highest BCUT2D eigenvalue weighted by molar-refractivity contribution is 6.04. The minimum atomic E-state index is -0.233. The molecule has 0 aliphatic heterocycles. The minimum Gasteiger partial charge on any atom is -0.322 e. The number of nitrogens with two attached hydrogens (primary N) is 1. The van der Waals surface area contributed by atoms with Crippen molar-refractivity contribution in [3.8, 4) is 11.8 Å². The second-order valence-electron chi connectivity index (χ2n) is 4.18. The highest BCUT2D eigenvalue weighted by atomic mass is 16.1. The van der Waals surface area contributed by atoms with Gasteiger partial charge in [0.1, 0.15) is 0 Å². The number of hydrogen-bond donors (Lipinski definition) is 2. The Hall–Kier alpha value is -2.71. The van der Waals surface area contributed by atoms with Crippen LogP contribution < -0.4 is 11.1 Å². The molecule has 0 unspecified atom stereocenters. The van der Waals surface area contributed by atoms with Crippen molar-refractivity contribution in [2.24, 2.45) is 5.73 Å². The molecule has 100 valence electrons. The van der Waals surface area contributed by atoms with Gasteiger partial charge in [0.05, 0.1) is 24.5 Å². The lowest BCUT2D eigenvalue weighted by atomic mass is 10.1. The second kappa shape index (κ2) is 6.45. The Balaban J connectivity index is 2.21. The van der Waals surface area contributed by atoms with Crippen molar-refractivity contribution in [1.29, 1.82) is 0 Å². The van der Waals surface area contributed by atoms with E-state index in [2.05, 4.69) is 27.4 Å². The number of carbonyl (C=O) groups excluding carboxylic acids is 1. The van der Waals surface area contributed by atoms with Crippen LogP contribution in [0.2, 0.25) is 0 Å². The van der Waals surface area contributed by atoms with E-state index < -0.39 is 0 Å². The maximum absolute atomic E-state index is 12.0. The average molecular weight is 266 g/mol. The molecule has 0 bridgehead atoms. The number of aromatic nitrogens is 2. The third-order valence-corrected chi connectivity index (χ3v) is 2.52. The first-order valence-electron chi connectivity index (χ1n) is 6.08. The largest absolute Gasteiger partial charge is 0.322 e. The van der Waals surface area contributed by atoms with Crippen molar-refractivity contribution in [2.45, 2.75) is 6.92 Å². The van der Waals surface area contributed by atoms with Crippen LogP contribution in [0.15, 0.2) is 36.7 Å². The van der Waals surface area contributed by atoms with Gasteiger partial charge in [-0.15, -0.1) is 0 Å². The maximum atomic E-state index is 12.0. The number of carbonyl (C=O) groups is 1. The standard InChI is InChI=1S/C15H14N4O/c1-11-7-12(3-2-5-16)9-14(8-11)19-15(20)13-4-6-17-18-10-13/h4,6-10H,5,16H2,1H3,(H,19,20). The lowest BCUT2D eigenvalue weighted by Gasteiger charge is -2.06. The van der Waals surface area contributed by atoms with E-state index in [4.69, 9.17) is 5.73 Å². The molecule has 0 saturated carbocycles. The van der Waals surface area contributed by atoms with E-state index in [-0.39, 0.29) is 5.91 Å². The van der Waals surface area contributed by atoms with Gasteiger partial charge >= 0.3 is 0 Å². The fourth-order valence-corrected chi connectivity index (χ4v) is 1.71. The van der Waals surface area contributed by atoms with E-state index in [1.54, 1.807) is 6.07 Å². The van der Waals surface area contributed by atoms with Gasteiger partial charge in [0, 0.05) is 11.3 Å². The summed E-state index contributed by atoms with van der Waals surface area (Å²) in [6.07, 6.45) is 2.89. The number of benzene rings is 1. The molecule has 5 heteroatoms. The van der Waals surface area contributed by atoms with Gasteiger partial charge in [-0.3, -0.25) is 4.79 Å². The number of amides is 1. The van der Waals surface area contributed by atoms with Gasteiger partial charge in [0.2, 0.25) is 0 Å². The van der Waals surface area contributed by atoms with E-state index in [1.165, 1.54) is 12.4 Å². The summed E-state index contributed by atoms with van der Waals surface area (Å²) in [5, 5.41) is 10.1. The average Bonchev–Trinajstić information content (AvgIpc) is 2.45. The molecule has 5 nitrogen and oxygen atoms in total. The molecule has 0 aliphatic rings. The molecule has 0 saturated heterocycles. The molecule has 0 spiro atoms. The van der Waals surface area contributed by atoms with E-state index >= 15 is 0 Å². The number of nitrogens with one attached hydrogen (secondary N) is 1. The fourth-order valence-electron chi connectivity index (χ4n) is 1.71. The lowest BCUT2D eigenvalue weighted by molar-refractivity contribution is 0.102. The summed E-state index contributed by atoms with van der Waals surface area (Å²) >= 11 is 0. The quantitative estimate of drug-likeness (QED) is 0.804. The van der Waals surface area contributed by atoms with E-state index in [0.29, 0.717) is 17.8 Å². The summed E-state index contributed by atoms with van der Waals surface area (Å²) in [4.78, 5) is 12.0. The van der Waals surface area contributed by atoms with Crippen LogP contribution in [0.3, 0.4) is 0 Å². The summed E-state index contributed by atoms with van der Waals surface area (Å²) in [6, 6.07) is 7.22. The zero-order chi connectivity index (χ0) is 14.4. The number of hydrogen-bond acceptors (Lipinski definition) is 4. The smallest absolute Gasteiger partial charge is 0.257 e. The van der Waals surface area contributed by atoms with Gasteiger partial charge in [0.25, 0.3) is 5.91 Å². The SMILES string of the molecule is Cc1cc(C#CCN)cc(NC(=O)c2ccnnc2)c1. The van der Waals surface area contributed by atoms with Gasteiger partial charge in [-0.2, -0.15) is 10.2 Å². The summed E-state index contributed by atoms with van der Waals surface area (Å²) in [6.45, 7) is 2.25. The topological polar surface area (TPSA) is 80.9 Å². The van der Waals surface area contributed by atoms with Gasteiger partial charge in [-0.05, 0) is 36.8 Å². The molecule has 0 aliphatic carbocycles. The van der Waals surface area contributed by atoms with Crippen LogP contribution in [0.5, 0.6) is 0 Å². The molecule has 20 heavy (non-hydrogen) atoms. The third-order valence-electron chi connectivity index (χ3n) is 2.52. The summed E-state index contributed by atoms with van der Waals surface area (Å²) < 4.78 is 0. The second-order valence-corrected chi connectivity index (χ2v) is 4.18. The summed E-state index contributed by atoms with van der Waals surface area (Å²) in [5.74, 6) is 5.51. The number of aryl methyl sites for hydroxylation is 1. The predicted molar refractivity (Wildman–Crippen MR) is 77.1 cm³/mol. The molecule has 1 aromatic heterocycles. The van der Waals surface area contributed by atoms with Crippen LogP contribution in [-0.4, -0.2) is 22.6 Å². The van der Waals surface area contributed by atoms with Crippen molar-refractivity contribution < 1.29 is 4.79 Å². The molecule has 1 aromatic carbocycles. The van der Waals surface area contributed by atoms with Crippen LogP contribution in [-0.2, 0) is 0 Å². The maximum Gasteiger partial charge on any atom is 0.257 e. The number of anilines is 1. The zero-order valence-electron chi connectivity index (χ0n) is 11.1. The van der Waals surface area contributed by atoms with Crippen LogP contribution >= 0.6 is 0 Å². The fraction of sp³-hybridized carbons (Fsp3) is 0.133. The number of nitrogens with zero attached hydrogens (tertiary/aromatic N) is 2. The summed E-state index contributed by atoms with van der Waals surface area (Å²) in [5.41, 5.74) is 8.33. The third kappa shape index (κ3) is 3.64. The Morgan fingerprint density at radius 2 is 2.20 bits per heavy atom. The first kappa shape index (κ1) is 13.7. The summed E-state index contributed by atoms with van der Waals surface area (Å²) in [7, 11) is 0.